The first kappa shape index (κ1) is 13.4. The SMILES string of the molecule is O=C(Nc1cccc(F)c1)c1snnc1-c1ccccc1. The first-order valence-corrected chi connectivity index (χ1v) is 6.96. The van der Waals surface area contributed by atoms with Crippen molar-refractivity contribution in [2.75, 3.05) is 5.32 Å². The molecular formula is C15H10FN3OS. The molecule has 1 N–H and O–H groups in total. The molecule has 0 spiro atoms. The van der Waals surface area contributed by atoms with Crippen molar-refractivity contribution < 1.29 is 9.18 Å². The third-order valence-electron chi connectivity index (χ3n) is 2.82. The van der Waals surface area contributed by atoms with E-state index in [1.165, 1.54) is 18.2 Å². The molecule has 4 nitrogen and oxygen atoms in total. The Labute approximate surface area is 124 Å². The number of anilines is 1. The van der Waals surface area contributed by atoms with Gasteiger partial charge in [-0.1, -0.05) is 40.9 Å². The van der Waals surface area contributed by atoms with Gasteiger partial charge in [0.1, 0.15) is 16.4 Å². The molecule has 0 aliphatic carbocycles. The second-order valence-corrected chi connectivity index (χ2v) is 5.04. The van der Waals surface area contributed by atoms with Gasteiger partial charge in [-0.05, 0) is 29.7 Å². The fraction of sp³-hybridized carbons (Fsp3) is 0. The molecule has 3 rings (SSSR count). The number of benzene rings is 2. The Morgan fingerprint density at radius 3 is 2.67 bits per heavy atom. The minimum Gasteiger partial charge on any atom is -0.321 e. The zero-order chi connectivity index (χ0) is 14.7. The summed E-state index contributed by atoms with van der Waals surface area (Å²) in [6, 6.07) is 15.1. The summed E-state index contributed by atoms with van der Waals surface area (Å²) in [4.78, 5) is 12.7. The Hall–Kier alpha value is -2.60. The summed E-state index contributed by atoms with van der Waals surface area (Å²) >= 11 is 1.01. The molecule has 1 aromatic heterocycles. The van der Waals surface area contributed by atoms with Gasteiger partial charge in [-0.2, -0.15) is 0 Å². The molecule has 104 valence electrons. The second kappa shape index (κ2) is 5.80. The number of aromatic nitrogens is 2. The van der Waals surface area contributed by atoms with Gasteiger partial charge in [-0.3, -0.25) is 4.79 Å². The van der Waals surface area contributed by atoms with Crippen molar-refractivity contribution in [1.82, 2.24) is 9.59 Å². The topological polar surface area (TPSA) is 54.9 Å². The molecule has 0 fully saturated rings. The third-order valence-corrected chi connectivity index (χ3v) is 3.55. The quantitative estimate of drug-likeness (QED) is 0.804. The molecule has 21 heavy (non-hydrogen) atoms. The highest BCUT2D eigenvalue weighted by atomic mass is 32.1. The van der Waals surface area contributed by atoms with Gasteiger partial charge in [0.2, 0.25) is 0 Å². The molecule has 0 radical (unpaired) electrons. The molecule has 6 heteroatoms. The first-order chi connectivity index (χ1) is 10.2. The van der Waals surface area contributed by atoms with E-state index in [-0.39, 0.29) is 5.91 Å². The van der Waals surface area contributed by atoms with Gasteiger partial charge in [-0.25, -0.2) is 4.39 Å². The molecule has 0 saturated heterocycles. The van der Waals surface area contributed by atoms with Crippen LogP contribution in [-0.2, 0) is 0 Å². The van der Waals surface area contributed by atoms with Crippen LogP contribution in [0.25, 0.3) is 11.3 Å². The van der Waals surface area contributed by atoms with Crippen LogP contribution in [0.1, 0.15) is 9.67 Å². The highest BCUT2D eigenvalue weighted by Gasteiger charge is 2.17. The average Bonchev–Trinajstić information content (AvgIpc) is 2.98. The maximum absolute atomic E-state index is 13.1. The Morgan fingerprint density at radius 1 is 1.10 bits per heavy atom. The maximum atomic E-state index is 13.1. The van der Waals surface area contributed by atoms with E-state index in [0.717, 1.165) is 17.1 Å². The second-order valence-electron chi connectivity index (χ2n) is 4.28. The van der Waals surface area contributed by atoms with Gasteiger partial charge in [0.15, 0.2) is 0 Å². The van der Waals surface area contributed by atoms with Crippen LogP contribution < -0.4 is 5.32 Å². The van der Waals surface area contributed by atoms with Crippen LogP contribution in [0.4, 0.5) is 10.1 Å². The van der Waals surface area contributed by atoms with Crippen LogP contribution in [0.5, 0.6) is 0 Å². The van der Waals surface area contributed by atoms with Gasteiger partial charge in [0.25, 0.3) is 5.91 Å². The summed E-state index contributed by atoms with van der Waals surface area (Å²) in [6.07, 6.45) is 0. The molecule has 1 heterocycles. The van der Waals surface area contributed by atoms with Crippen LogP contribution in [0, 0.1) is 5.82 Å². The van der Waals surface area contributed by atoms with Gasteiger partial charge < -0.3 is 5.32 Å². The highest BCUT2D eigenvalue weighted by Crippen LogP contribution is 2.24. The molecule has 2 aromatic carbocycles. The standard InChI is InChI=1S/C15H10FN3OS/c16-11-7-4-8-12(9-11)17-15(20)14-13(18-19-21-14)10-5-2-1-3-6-10/h1-9H,(H,17,20). The zero-order valence-corrected chi connectivity index (χ0v) is 11.6. The summed E-state index contributed by atoms with van der Waals surface area (Å²) in [6.45, 7) is 0. The van der Waals surface area contributed by atoms with Crippen molar-refractivity contribution in [3.05, 3.63) is 65.3 Å². The van der Waals surface area contributed by atoms with E-state index in [4.69, 9.17) is 0 Å². The molecule has 0 saturated carbocycles. The van der Waals surface area contributed by atoms with Crippen LogP contribution in [0.2, 0.25) is 0 Å². The number of carbonyl (C=O) groups excluding carboxylic acids is 1. The summed E-state index contributed by atoms with van der Waals surface area (Å²) in [5.74, 6) is -0.757. The number of nitrogens with one attached hydrogen (secondary N) is 1. The predicted molar refractivity (Wildman–Crippen MR) is 79.7 cm³/mol. The van der Waals surface area contributed by atoms with Crippen molar-refractivity contribution in [3.63, 3.8) is 0 Å². The van der Waals surface area contributed by atoms with Crippen molar-refractivity contribution in [2.24, 2.45) is 0 Å². The van der Waals surface area contributed by atoms with Crippen LogP contribution in [-0.4, -0.2) is 15.5 Å². The Kier molecular flexibility index (Phi) is 3.70. The normalized spacial score (nSPS) is 10.3. The lowest BCUT2D eigenvalue weighted by atomic mass is 10.1. The van der Waals surface area contributed by atoms with E-state index in [1.54, 1.807) is 6.07 Å². The van der Waals surface area contributed by atoms with Crippen molar-refractivity contribution in [3.8, 4) is 11.3 Å². The number of amides is 1. The molecule has 3 aromatic rings. The Morgan fingerprint density at radius 2 is 1.90 bits per heavy atom. The molecular weight excluding hydrogens is 289 g/mol. The minimum absolute atomic E-state index is 0.352. The number of hydrogen-bond acceptors (Lipinski definition) is 4. The molecule has 1 amide bonds. The van der Waals surface area contributed by atoms with Crippen LogP contribution in [0.3, 0.4) is 0 Å². The van der Waals surface area contributed by atoms with Crippen LogP contribution >= 0.6 is 11.5 Å². The molecule has 0 aliphatic rings. The van der Waals surface area contributed by atoms with E-state index in [1.807, 2.05) is 30.3 Å². The van der Waals surface area contributed by atoms with Gasteiger partial charge >= 0.3 is 0 Å². The van der Waals surface area contributed by atoms with E-state index in [0.29, 0.717) is 16.3 Å². The lowest BCUT2D eigenvalue weighted by molar-refractivity contribution is 0.103. The molecule has 0 unspecified atom stereocenters. The lowest BCUT2D eigenvalue weighted by Gasteiger charge is -2.04. The molecule has 0 bridgehead atoms. The van der Waals surface area contributed by atoms with E-state index in [9.17, 15) is 9.18 Å². The summed E-state index contributed by atoms with van der Waals surface area (Å²) in [5.41, 5.74) is 1.73. The van der Waals surface area contributed by atoms with E-state index in [2.05, 4.69) is 14.9 Å². The summed E-state index contributed by atoms with van der Waals surface area (Å²) < 4.78 is 17.0. The van der Waals surface area contributed by atoms with E-state index < -0.39 is 5.82 Å². The Bertz CT molecular complexity index is 773. The number of nitrogens with zero attached hydrogens (tertiary/aromatic N) is 2. The summed E-state index contributed by atoms with van der Waals surface area (Å²) in [7, 11) is 0. The lowest BCUT2D eigenvalue weighted by Crippen LogP contribution is -2.11. The number of halogens is 1. The monoisotopic (exact) mass is 299 g/mol. The smallest absolute Gasteiger partial charge is 0.269 e. The average molecular weight is 299 g/mol. The fourth-order valence-corrected chi connectivity index (χ4v) is 2.46. The summed E-state index contributed by atoms with van der Waals surface area (Å²) in [5, 5.41) is 6.65. The molecule has 0 aliphatic heterocycles. The number of rotatable bonds is 3. The molecule has 0 atom stereocenters. The number of carbonyl (C=O) groups is 1. The van der Waals surface area contributed by atoms with Gasteiger partial charge in [0.05, 0.1) is 0 Å². The van der Waals surface area contributed by atoms with Crippen molar-refractivity contribution >= 4 is 23.1 Å². The fourth-order valence-electron chi connectivity index (χ4n) is 1.88. The third kappa shape index (κ3) is 2.95. The van der Waals surface area contributed by atoms with Gasteiger partial charge in [0, 0.05) is 11.3 Å². The highest BCUT2D eigenvalue weighted by molar-refractivity contribution is 7.08. The maximum Gasteiger partial charge on any atom is 0.269 e. The Balaban J connectivity index is 1.88. The zero-order valence-electron chi connectivity index (χ0n) is 10.8. The van der Waals surface area contributed by atoms with Crippen LogP contribution in [0.15, 0.2) is 54.6 Å². The minimum atomic E-state index is -0.404. The van der Waals surface area contributed by atoms with E-state index >= 15 is 0 Å². The first-order valence-electron chi connectivity index (χ1n) is 6.19. The number of hydrogen-bond donors (Lipinski definition) is 1. The largest absolute Gasteiger partial charge is 0.321 e. The van der Waals surface area contributed by atoms with Gasteiger partial charge in [-0.15, -0.1) is 5.10 Å². The predicted octanol–water partition coefficient (Wildman–Crippen LogP) is 3.60. The van der Waals surface area contributed by atoms with Crippen molar-refractivity contribution in [2.45, 2.75) is 0 Å². The van der Waals surface area contributed by atoms with Crippen molar-refractivity contribution in [1.29, 1.82) is 0 Å².